The van der Waals surface area contributed by atoms with Crippen molar-refractivity contribution in [3.8, 4) is 22.8 Å². The Balaban J connectivity index is 1.33. The number of carbonyl (C=O) groups is 2. The third-order valence-electron chi connectivity index (χ3n) is 7.44. The summed E-state index contributed by atoms with van der Waals surface area (Å²) in [6.45, 7) is 2.92. The fourth-order valence-electron chi connectivity index (χ4n) is 5.46. The van der Waals surface area contributed by atoms with Crippen molar-refractivity contribution < 1.29 is 14.3 Å². The van der Waals surface area contributed by atoms with Crippen LogP contribution in [0.4, 0.5) is 5.82 Å². The van der Waals surface area contributed by atoms with Crippen molar-refractivity contribution in [2.24, 2.45) is 11.7 Å². The number of carbonyl (C=O) groups excluding carboxylic acids is 2. The van der Waals surface area contributed by atoms with E-state index in [0.29, 0.717) is 28.7 Å². The maximum Gasteiger partial charge on any atom is 0.254 e. The Kier molecular flexibility index (Phi) is 7.97. The Morgan fingerprint density at radius 2 is 1.74 bits per heavy atom. The van der Waals surface area contributed by atoms with Crippen LogP contribution in [0.1, 0.15) is 35.7 Å². The minimum absolute atomic E-state index is 0.0679. The molecule has 1 aromatic heterocycles. The average Bonchev–Trinajstić information content (AvgIpc) is 3.34. The van der Waals surface area contributed by atoms with Gasteiger partial charge in [0.15, 0.2) is 0 Å². The zero-order chi connectivity index (χ0) is 27.4. The van der Waals surface area contributed by atoms with Crippen molar-refractivity contribution in [2.75, 3.05) is 45.6 Å². The van der Waals surface area contributed by atoms with Crippen molar-refractivity contribution in [2.45, 2.75) is 25.3 Å². The predicted molar refractivity (Wildman–Crippen MR) is 152 cm³/mol. The minimum Gasteiger partial charge on any atom is -0.457 e. The summed E-state index contributed by atoms with van der Waals surface area (Å²) in [7, 11) is 3.96. The van der Waals surface area contributed by atoms with Crippen LogP contribution in [-0.2, 0) is 4.79 Å². The van der Waals surface area contributed by atoms with Crippen molar-refractivity contribution in [1.82, 2.24) is 19.6 Å². The number of hydrogen-bond acceptors (Lipinski definition) is 6. The number of nitrogens with one attached hydrogen (secondary N) is 1. The molecule has 2 aliphatic heterocycles. The van der Waals surface area contributed by atoms with E-state index in [-0.39, 0.29) is 11.9 Å². The molecule has 0 bridgehead atoms. The molecule has 1 fully saturated rings. The first-order valence-corrected chi connectivity index (χ1v) is 13.5. The van der Waals surface area contributed by atoms with Crippen LogP contribution < -0.4 is 15.8 Å². The number of nitrogens with two attached hydrogens (primary N) is 1. The standard InChI is InChI=1S/C30H36N6O3/c1-34(2)18-6-9-26(37)35-19-15-21(16-20-35)25-14-17-32-30-27(29(31)38)28(33-36(25)30)22-10-12-24(13-11-22)39-23-7-4-3-5-8-23/h3-13,21,25,32H,14-20H2,1-2H3,(H2,31,38)/b9-6+/t25-/m1/s1. The highest BCUT2D eigenvalue weighted by Crippen LogP contribution is 2.40. The van der Waals surface area contributed by atoms with Gasteiger partial charge in [0.25, 0.3) is 5.91 Å². The molecular formula is C30H36N6O3. The number of piperidine rings is 1. The van der Waals surface area contributed by atoms with Gasteiger partial charge in [-0.05, 0) is 75.7 Å². The summed E-state index contributed by atoms with van der Waals surface area (Å²) < 4.78 is 7.88. The zero-order valence-corrected chi connectivity index (χ0v) is 22.5. The molecule has 9 nitrogen and oxygen atoms in total. The SMILES string of the molecule is CN(C)C/C=C/C(=O)N1CCC([C@H]2CCNc3c(C(N)=O)c(-c4ccc(Oc5ccccc5)cc4)nn32)CC1. The van der Waals surface area contributed by atoms with Crippen LogP contribution >= 0.6 is 0 Å². The number of aromatic nitrogens is 2. The van der Waals surface area contributed by atoms with Crippen LogP contribution in [-0.4, -0.2) is 71.7 Å². The Hall–Kier alpha value is -4.11. The summed E-state index contributed by atoms with van der Waals surface area (Å²) in [6.07, 6.45) is 6.27. The van der Waals surface area contributed by atoms with Crippen molar-refractivity contribution >= 4 is 17.6 Å². The van der Waals surface area contributed by atoms with E-state index in [1.165, 1.54) is 0 Å². The molecule has 1 atom stereocenters. The van der Waals surface area contributed by atoms with Gasteiger partial charge in [-0.15, -0.1) is 0 Å². The monoisotopic (exact) mass is 528 g/mol. The summed E-state index contributed by atoms with van der Waals surface area (Å²) in [4.78, 5) is 29.2. The van der Waals surface area contributed by atoms with Gasteiger partial charge in [0.1, 0.15) is 28.6 Å². The van der Waals surface area contributed by atoms with Gasteiger partial charge in [-0.2, -0.15) is 5.10 Å². The normalized spacial score (nSPS) is 17.7. The van der Waals surface area contributed by atoms with Crippen molar-refractivity contribution in [3.63, 3.8) is 0 Å². The lowest BCUT2D eigenvalue weighted by molar-refractivity contribution is -0.127. The summed E-state index contributed by atoms with van der Waals surface area (Å²) >= 11 is 0. The first-order chi connectivity index (χ1) is 18.9. The molecular weight excluding hydrogens is 492 g/mol. The van der Waals surface area contributed by atoms with E-state index in [9.17, 15) is 9.59 Å². The third kappa shape index (κ3) is 5.98. The van der Waals surface area contributed by atoms with Crippen LogP contribution in [0.3, 0.4) is 0 Å². The van der Waals surface area contributed by atoms with Gasteiger partial charge in [-0.3, -0.25) is 9.59 Å². The molecule has 3 aromatic rings. The number of fused-ring (bicyclic) bond motifs is 1. The van der Waals surface area contributed by atoms with E-state index in [2.05, 4.69) is 5.32 Å². The number of anilines is 1. The zero-order valence-electron chi connectivity index (χ0n) is 22.5. The largest absolute Gasteiger partial charge is 0.457 e. The Bertz CT molecular complexity index is 1320. The molecule has 1 saturated heterocycles. The average molecular weight is 529 g/mol. The minimum atomic E-state index is -0.506. The Morgan fingerprint density at radius 1 is 1.05 bits per heavy atom. The molecule has 0 radical (unpaired) electrons. The topological polar surface area (TPSA) is 106 Å². The second-order valence-corrected chi connectivity index (χ2v) is 10.4. The number of amides is 2. The number of ether oxygens (including phenoxy) is 1. The van der Waals surface area contributed by atoms with Crippen molar-refractivity contribution in [1.29, 1.82) is 0 Å². The molecule has 2 aromatic carbocycles. The quantitative estimate of drug-likeness (QED) is 0.426. The first kappa shape index (κ1) is 26.5. The molecule has 9 heteroatoms. The predicted octanol–water partition coefficient (Wildman–Crippen LogP) is 4.15. The molecule has 204 valence electrons. The third-order valence-corrected chi connectivity index (χ3v) is 7.44. The number of nitrogens with zero attached hydrogens (tertiary/aromatic N) is 4. The van der Waals surface area contributed by atoms with E-state index < -0.39 is 5.91 Å². The van der Waals surface area contributed by atoms with Gasteiger partial charge < -0.3 is 25.6 Å². The van der Waals surface area contributed by atoms with Gasteiger partial charge in [-0.1, -0.05) is 24.3 Å². The number of para-hydroxylation sites is 1. The van der Waals surface area contributed by atoms with Gasteiger partial charge in [0, 0.05) is 37.8 Å². The highest BCUT2D eigenvalue weighted by molar-refractivity contribution is 6.03. The lowest BCUT2D eigenvalue weighted by Gasteiger charge is -2.38. The van der Waals surface area contributed by atoms with Gasteiger partial charge in [0.05, 0.1) is 6.04 Å². The molecule has 2 amide bonds. The Labute approximate surface area is 229 Å². The number of likely N-dealkylation sites (N-methyl/N-ethyl adjacent to an activating group) is 1. The maximum absolute atomic E-state index is 12.6. The van der Waals surface area contributed by atoms with Crippen LogP contribution in [0.15, 0.2) is 66.7 Å². The second-order valence-electron chi connectivity index (χ2n) is 10.4. The van der Waals surface area contributed by atoms with E-state index >= 15 is 0 Å². The molecule has 0 unspecified atom stereocenters. The lowest BCUT2D eigenvalue weighted by atomic mass is 9.87. The van der Waals surface area contributed by atoms with Gasteiger partial charge in [-0.25, -0.2) is 4.68 Å². The van der Waals surface area contributed by atoms with Crippen LogP contribution in [0.5, 0.6) is 11.5 Å². The molecule has 5 rings (SSSR count). The number of benzene rings is 2. The summed E-state index contributed by atoms with van der Waals surface area (Å²) in [5.41, 5.74) is 7.66. The molecule has 3 N–H and O–H groups in total. The van der Waals surface area contributed by atoms with Crippen molar-refractivity contribution in [3.05, 3.63) is 72.3 Å². The first-order valence-electron chi connectivity index (χ1n) is 13.5. The molecule has 2 aliphatic rings. The molecule has 0 aliphatic carbocycles. The number of rotatable bonds is 8. The smallest absolute Gasteiger partial charge is 0.254 e. The number of primary amides is 1. The van der Waals surface area contributed by atoms with Crippen LogP contribution in [0.2, 0.25) is 0 Å². The summed E-state index contributed by atoms with van der Waals surface area (Å²) in [6, 6.07) is 17.3. The van der Waals surface area contributed by atoms with Crippen LogP contribution in [0, 0.1) is 5.92 Å². The Morgan fingerprint density at radius 3 is 2.41 bits per heavy atom. The fourth-order valence-corrected chi connectivity index (χ4v) is 5.46. The maximum atomic E-state index is 12.6. The summed E-state index contributed by atoms with van der Waals surface area (Å²) in [5.74, 6) is 2.06. The lowest BCUT2D eigenvalue weighted by Crippen LogP contribution is -2.41. The highest BCUT2D eigenvalue weighted by atomic mass is 16.5. The van der Waals surface area contributed by atoms with E-state index in [1.807, 2.05) is 89.3 Å². The van der Waals surface area contributed by atoms with Gasteiger partial charge in [0.2, 0.25) is 5.91 Å². The molecule has 39 heavy (non-hydrogen) atoms. The van der Waals surface area contributed by atoms with Crippen LogP contribution in [0.25, 0.3) is 11.3 Å². The van der Waals surface area contributed by atoms with Gasteiger partial charge >= 0.3 is 0 Å². The fraction of sp³-hybridized carbons (Fsp3) is 0.367. The molecule has 0 saturated carbocycles. The summed E-state index contributed by atoms with van der Waals surface area (Å²) in [5, 5.41) is 8.31. The highest BCUT2D eigenvalue weighted by Gasteiger charge is 2.35. The number of hydrogen-bond donors (Lipinski definition) is 2. The van der Waals surface area contributed by atoms with E-state index in [4.69, 9.17) is 15.6 Å². The van der Waals surface area contributed by atoms with E-state index in [0.717, 1.165) is 56.8 Å². The molecule has 3 heterocycles. The second kappa shape index (κ2) is 11.7. The van der Waals surface area contributed by atoms with E-state index in [1.54, 1.807) is 6.08 Å². The molecule has 0 spiro atoms. The number of likely N-dealkylation sites (tertiary alicyclic amines) is 1.